The lowest BCUT2D eigenvalue weighted by Gasteiger charge is -2.30. The molecule has 0 spiro atoms. The predicted octanol–water partition coefficient (Wildman–Crippen LogP) is -0.961. The van der Waals surface area contributed by atoms with Gasteiger partial charge in [-0.05, 0) is 18.2 Å². The van der Waals surface area contributed by atoms with Crippen LogP contribution in [0.3, 0.4) is 0 Å². The van der Waals surface area contributed by atoms with Crippen LogP contribution in [-0.2, 0) is 9.59 Å². The van der Waals surface area contributed by atoms with Crippen LogP contribution in [0.1, 0.15) is 6.42 Å². The molecule has 0 unspecified atom stereocenters. The molecule has 0 aliphatic carbocycles. The normalized spacial score (nSPS) is 29.2. The molecule has 0 aromatic heterocycles. The van der Waals surface area contributed by atoms with Crippen LogP contribution in [0.2, 0.25) is 10.0 Å². The average Bonchev–Trinajstić information content (AvgIpc) is 2.74. The summed E-state index contributed by atoms with van der Waals surface area (Å²) in [5.74, 6) is -0.315. The summed E-state index contributed by atoms with van der Waals surface area (Å²) in [5.41, 5.74) is 0.467. The van der Waals surface area contributed by atoms with E-state index in [0.29, 0.717) is 15.7 Å². The minimum Gasteiger partial charge on any atom is -0.328 e. The first-order valence-electron chi connectivity index (χ1n) is 7.44. The molecule has 2 aliphatic heterocycles. The van der Waals surface area contributed by atoms with Gasteiger partial charge < -0.3 is 9.80 Å². The van der Waals surface area contributed by atoms with Crippen molar-refractivity contribution in [2.24, 2.45) is 0 Å². The maximum atomic E-state index is 12.7. The zero-order valence-electron chi connectivity index (χ0n) is 12.4. The van der Waals surface area contributed by atoms with Gasteiger partial charge in [0.05, 0.1) is 19.2 Å². The Balaban J connectivity index is 1.82. The molecule has 1 aromatic carbocycles. The topological polar surface area (TPSA) is 46.3 Å². The van der Waals surface area contributed by atoms with E-state index in [1.807, 2.05) is 0 Å². The monoisotopic (exact) mass is 343 g/mol. The Bertz CT molecular complexity index is 595. The predicted molar refractivity (Wildman–Crippen MR) is 84.7 cm³/mol. The summed E-state index contributed by atoms with van der Waals surface area (Å²) in [4.78, 5) is 29.0. The van der Waals surface area contributed by atoms with Crippen molar-refractivity contribution < 1.29 is 19.4 Å². The molecule has 7 heteroatoms. The van der Waals surface area contributed by atoms with Crippen molar-refractivity contribution in [3.05, 3.63) is 28.2 Å². The first-order chi connectivity index (χ1) is 10.5. The number of carbonyl (C=O) groups excluding carboxylic acids is 2. The van der Waals surface area contributed by atoms with Crippen molar-refractivity contribution in [3.63, 3.8) is 0 Å². The summed E-state index contributed by atoms with van der Waals surface area (Å²) in [6, 6.07) is 4.52. The first kappa shape index (κ1) is 15.7. The van der Waals surface area contributed by atoms with Crippen LogP contribution < -0.4 is 14.7 Å². The quantitative estimate of drug-likeness (QED) is 0.679. The summed E-state index contributed by atoms with van der Waals surface area (Å²) in [5, 5.41) is 0.837. The van der Waals surface area contributed by atoms with E-state index in [-0.39, 0.29) is 24.3 Å². The van der Waals surface area contributed by atoms with Crippen molar-refractivity contribution in [1.82, 2.24) is 0 Å². The number of amides is 2. The molecule has 1 atom stereocenters. The zero-order chi connectivity index (χ0) is 15.9. The minimum atomic E-state index is -0.279. The van der Waals surface area contributed by atoms with Crippen LogP contribution in [0.25, 0.3) is 0 Å². The van der Waals surface area contributed by atoms with Gasteiger partial charge in [0, 0.05) is 10.0 Å². The molecule has 2 heterocycles. The Labute approximate surface area is 139 Å². The van der Waals surface area contributed by atoms with E-state index in [2.05, 4.69) is 7.05 Å². The molecular formula is C15H19Cl2N3O2+2. The molecule has 5 nitrogen and oxygen atoms in total. The summed E-state index contributed by atoms with van der Waals surface area (Å²) < 4.78 is 0. The fraction of sp³-hybridized carbons (Fsp3) is 0.467. The number of carbonyl (C=O) groups is 2. The Morgan fingerprint density at radius 3 is 2.23 bits per heavy atom. The molecule has 3 rings (SSSR count). The highest BCUT2D eigenvalue weighted by Crippen LogP contribution is 2.28. The van der Waals surface area contributed by atoms with Gasteiger partial charge in [-0.3, -0.25) is 9.59 Å². The molecule has 0 radical (unpaired) electrons. The third kappa shape index (κ3) is 2.99. The maximum Gasteiger partial charge on any atom is 0.292 e. The smallest absolute Gasteiger partial charge is 0.292 e. The number of imide groups is 1. The number of likely N-dealkylation sites (N-methyl/N-ethyl adjacent to an activating group) is 1. The van der Waals surface area contributed by atoms with E-state index < -0.39 is 0 Å². The van der Waals surface area contributed by atoms with Crippen molar-refractivity contribution in [2.45, 2.75) is 12.5 Å². The highest BCUT2D eigenvalue weighted by Gasteiger charge is 2.46. The fourth-order valence-electron chi connectivity index (χ4n) is 3.24. The number of piperazine rings is 1. The standard InChI is InChI=1S/C15H17Cl2N3O2/c1-18-2-4-19(5-3-18)13-9-14(21)20(15(13)22)12-7-10(16)6-11(17)8-12/h6-8,13H,2-5,9H2,1H3/p+2/t13-/m1/s1. The molecule has 0 saturated carbocycles. The van der Waals surface area contributed by atoms with E-state index >= 15 is 0 Å². The van der Waals surface area contributed by atoms with Crippen molar-refractivity contribution in [3.8, 4) is 0 Å². The number of anilines is 1. The van der Waals surface area contributed by atoms with Gasteiger partial charge in [-0.25, -0.2) is 4.90 Å². The van der Waals surface area contributed by atoms with Crippen LogP contribution in [0.15, 0.2) is 18.2 Å². The minimum absolute atomic E-state index is 0.141. The molecule has 1 aromatic rings. The van der Waals surface area contributed by atoms with Crippen molar-refractivity contribution in [2.75, 3.05) is 38.1 Å². The third-order valence-corrected chi connectivity index (χ3v) is 4.93. The molecule has 2 saturated heterocycles. The Morgan fingerprint density at radius 2 is 1.64 bits per heavy atom. The van der Waals surface area contributed by atoms with Gasteiger partial charge in [0.1, 0.15) is 26.2 Å². The van der Waals surface area contributed by atoms with Gasteiger partial charge in [-0.1, -0.05) is 23.2 Å². The van der Waals surface area contributed by atoms with Crippen molar-refractivity contribution >= 4 is 40.7 Å². The summed E-state index contributed by atoms with van der Waals surface area (Å²) >= 11 is 12.0. The Morgan fingerprint density at radius 1 is 1.05 bits per heavy atom. The van der Waals surface area contributed by atoms with Crippen LogP contribution in [0.5, 0.6) is 0 Å². The first-order valence-corrected chi connectivity index (χ1v) is 8.20. The largest absolute Gasteiger partial charge is 0.328 e. The van der Waals surface area contributed by atoms with Crippen LogP contribution in [0, 0.1) is 0 Å². The van der Waals surface area contributed by atoms with E-state index in [1.54, 1.807) is 18.2 Å². The lowest BCUT2D eigenvalue weighted by atomic mass is 10.2. The van der Waals surface area contributed by atoms with Crippen molar-refractivity contribution in [1.29, 1.82) is 0 Å². The number of benzene rings is 1. The number of rotatable bonds is 2. The molecule has 118 valence electrons. The van der Waals surface area contributed by atoms with E-state index in [0.717, 1.165) is 26.2 Å². The molecule has 2 fully saturated rings. The van der Waals surface area contributed by atoms with Gasteiger partial charge in [0.15, 0.2) is 6.04 Å². The lowest BCUT2D eigenvalue weighted by Crippen LogP contribution is -3.29. The molecule has 2 N–H and O–H groups in total. The fourth-order valence-corrected chi connectivity index (χ4v) is 3.75. The number of nitrogens with one attached hydrogen (secondary N) is 2. The van der Waals surface area contributed by atoms with Crippen LogP contribution >= 0.6 is 23.2 Å². The van der Waals surface area contributed by atoms with Gasteiger partial charge in [-0.15, -0.1) is 0 Å². The Kier molecular flexibility index (Phi) is 4.41. The second-order valence-electron chi connectivity index (χ2n) is 6.07. The maximum absolute atomic E-state index is 12.7. The highest BCUT2D eigenvalue weighted by molar-refractivity contribution is 6.35. The van der Waals surface area contributed by atoms with Crippen LogP contribution in [-0.4, -0.2) is 51.1 Å². The SMILES string of the molecule is C[NH+]1CC[NH+]([C@@H]2CC(=O)N(c3cc(Cl)cc(Cl)c3)C2=O)CC1. The Hall–Kier alpha value is -1.14. The molecule has 0 bridgehead atoms. The van der Waals surface area contributed by atoms with Gasteiger partial charge in [-0.2, -0.15) is 0 Å². The molecule has 22 heavy (non-hydrogen) atoms. The second kappa shape index (κ2) is 6.16. The summed E-state index contributed by atoms with van der Waals surface area (Å²) in [6.07, 6.45) is 0.261. The number of nitrogens with zero attached hydrogens (tertiary/aromatic N) is 1. The summed E-state index contributed by atoms with van der Waals surface area (Å²) in [6.45, 7) is 3.88. The third-order valence-electron chi connectivity index (χ3n) is 4.49. The van der Waals surface area contributed by atoms with Gasteiger partial charge in [0.25, 0.3) is 5.91 Å². The van der Waals surface area contributed by atoms with Gasteiger partial charge in [0.2, 0.25) is 5.91 Å². The highest BCUT2D eigenvalue weighted by atomic mass is 35.5. The second-order valence-corrected chi connectivity index (χ2v) is 6.94. The zero-order valence-corrected chi connectivity index (χ0v) is 13.9. The van der Waals surface area contributed by atoms with E-state index in [1.165, 1.54) is 14.7 Å². The number of quaternary nitrogens is 2. The van der Waals surface area contributed by atoms with E-state index in [9.17, 15) is 9.59 Å². The lowest BCUT2D eigenvalue weighted by molar-refractivity contribution is -1.01. The van der Waals surface area contributed by atoms with E-state index in [4.69, 9.17) is 23.2 Å². The molecular weight excluding hydrogens is 325 g/mol. The number of hydrogen-bond donors (Lipinski definition) is 2. The molecule has 2 amide bonds. The van der Waals surface area contributed by atoms with Crippen LogP contribution in [0.4, 0.5) is 5.69 Å². The number of hydrogen-bond acceptors (Lipinski definition) is 2. The summed E-state index contributed by atoms with van der Waals surface area (Å²) in [7, 11) is 2.15. The molecule has 2 aliphatic rings. The average molecular weight is 344 g/mol. The van der Waals surface area contributed by atoms with Gasteiger partial charge >= 0.3 is 0 Å². The number of halogens is 2.